The van der Waals surface area contributed by atoms with E-state index in [0.29, 0.717) is 0 Å². The zero-order chi connectivity index (χ0) is 23.8. The van der Waals surface area contributed by atoms with Crippen LogP contribution in [0.3, 0.4) is 0 Å². The van der Waals surface area contributed by atoms with Crippen LogP contribution in [-0.2, 0) is 19.0 Å². The van der Waals surface area contributed by atoms with E-state index < -0.39 is 55.0 Å². The van der Waals surface area contributed by atoms with Crippen LogP contribution >= 0.6 is 0 Å². The van der Waals surface area contributed by atoms with Gasteiger partial charge in [0.15, 0.2) is 12.3 Å². The maximum Gasteiger partial charge on any atom is 0.338 e. The molecule has 1 aliphatic rings. The molecule has 1 fully saturated rings. The average Bonchev–Trinajstić information content (AvgIpc) is 2.82. The summed E-state index contributed by atoms with van der Waals surface area (Å²) in [6.45, 7) is 0.794. The minimum Gasteiger partial charge on any atom is -0.459 e. The molecule has 0 aliphatic carbocycles. The van der Waals surface area contributed by atoms with Crippen molar-refractivity contribution in [1.82, 2.24) is 5.32 Å². The van der Waals surface area contributed by atoms with E-state index in [4.69, 9.17) is 19.7 Å². The molecule has 11 heteroatoms. The maximum absolute atomic E-state index is 12.6. The van der Waals surface area contributed by atoms with E-state index in [1.165, 1.54) is 19.1 Å². The zero-order valence-corrected chi connectivity index (χ0v) is 17.6. The lowest BCUT2D eigenvalue weighted by atomic mass is 9.95. The first-order chi connectivity index (χ1) is 15.9. The number of hydrogen-bond acceptors (Lipinski definition) is 8. The summed E-state index contributed by atoms with van der Waals surface area (Å²) in [5, 5.41) is 16.9. The SMILES string of the molecule is CC(=O)N[C@@H]1[C@@H](OC(=O)c2ccccc2)[C@H](O)[C@@H](COC(=O)c2ccccc2)O[C@H]1N=[N+]=[N-]. The van der Waals surface area contributed by atoms with Crippen molar-refractivity contribution in [2.24, 2.45) is 5.11 Å². The molecule has 1 heterocycles. The quantitative estimate of drug-likeness (QED) is 0.280. The van der Waals surface area contributed by atoms with Gasteiger partial charge in [0, 0.05) is 11.8 Å². The van der Waals surface area contributed by atoms with E-state index in [9.17, 15) is 19.5 Å². The van der Waals surface area contributed by atoms with Gasteiger partial charge in [-0.25, -0.2) is 9.59 Å². The number of ether oxygens (including phenoxy) is 3. The highest BCUT2D eigenvalue weighted by molar-refractivity contribution is 5.90. The normalized spacial score (nSPS) is 24.1. The van der Waals surface area contributed by atoms with Crippen LogP contribution in [0.25, 0.3) is 10.4 Å². The number of carbonyl (C=O) groups excluding carboxylic acids is 3. The lowest BCUT2D eigenvalue weighted by Crippen LogP contribution is -2.64. The molecule has 33 heavy (non-hydrogen) atoms. The number of aliphatic hydroxyl groups is 1. The Labute approximate surface area is 188 Å². The zero-order valence-electron chi connectivity index (χ0n) is 17.6. The summed E-state index contributed by atoms with van der Waals surface area (Å²) in [5.41, 5.74) is 9.45. The Bertz CT molecular complexity index is 1030. The fourth-order valence-corrected chi connectivity index (χ4v) is 3.33. The highest BCUT2D eigenvalue weighted by atomic mass is 16.6. The van der Waals surface area contributed by atoms with Gasteiger partial charge in [0.2, 0.25) is 5.91 Å². The Morgan fingerprint density at radius 1 is 1.06 bits per heavy atom. The van der Waals surface area contributed by atoms with E-state index >= 15 is 0 Å². The van der Waals surface area contributed by atoms with Crippen LogP contribution in [0.2, 0.25) is 0 Å². The summed E-state index contributed by atoms with van der Waals surface area (Å²) in [6, 6.07) is 15.0. The minimum atomic E-state index is -1.51. The third kappa shape index (κ3) is 6.07. The molecule has 2 aromatic carbocycles. The molecular formula is C22H22N4O7. The largest absolute Gasteiger partial charge is 0.459 e. The summed E-state index contributed by atoms with van der Waals surface area (Å²) >= 11 is 0. The van der Waals surface area contributed by atoms with Crippen molar-refractivity contribution in [3.63, 3.8) is 0 Å². The van der Waals surface area contributed by atoms with Gasteiger partial charge in [-0.1, -0.05) is 41.5 Å². The second kappa shape index (κ2) is 11.1. The molecular weight excluding hydrogens is 432 g/mol. The summed E-state index contributed by atoms with van der Waals surface area (Å²) in [4.78, 5) is 39.3. The number of hydrogen-bond donors (Lipinski definition) is 2. The van der Waals surface area contributed by atoms with Crippen LogP contribution in [0, 0.1) is 0 Å². The first kappa shape index (κ1) is 23.7. The maximum atomic E-state index is 12.6. The molecule has 2 N–H and O–H groups in total. The summed E-state index contributed by atoms with van der Waals surface area (Å²) in [5.74, 6) is -1.95. The summed E-state index contributed by atoms with van der Waals surface area (Å²) in [6.07, 6.45) is -5.41. The Hall–Kier alpha value is -3.92. The third-order valence-electron chi connectivity index (χ3n) is 4.87. The molecule has 5 atom stereocenters. The van der Waals surface area contributed by atoms with Crippen molar-refractivity contribution in [2.45, 2.75) is 37.5 Å². The first-order valence-corrected chi connectivity index (χ1v) is 10.0. The van der Waals surface area contributed by atoms with Gasteiger partial charge in [-0.05, 0) is 29.8 Å². The van der Waals surface area contributed by atoms with E-state index in [2.05, 4.69) is 15.3 Å². The van der Waals surface area contributed by atoms with Gasteiger partial charge < -0.3 is 24.6 Å². The minimum absolute atomic E-state index is 0.213. The highest BCUT2D eigenvalue weighted by Gasteiger charge is 2.48. The lowest BCUT2D eigenvalue weighted by molar-refractivity contribution is -0.194. The molecule has 172 valence electrons. The van der Waals surface area contributed by atoms with Gasteiger partial charge in [0.05, 0.1) is 11.1 Å². The lowest BCUT2D eigenvalue weighted by Gasteiger charge is -2.42. The molecule has 0 saturated carbocycles. The number of nitrogens with one attached hydrogen (secondary N) is 1. The standard InChI is InChI=1S/C22H22N4O7/c1-13(27)24-17-19(33-22(30)15-10-6-3-7-11-15)18(28)16(32-20(17)25-26-23)12-31-21(29)14-8-4-2-5-9-14/h2-11,16-20,28H,12H2,1H3,(H,24,27)/t16-,17-,18-,19-,20-/m1/s1. The molecule has 1 aliphatic heterocycles. The van der Waals surface area contributed by atoms with E-state index in [0.717, 1.165) is 0 Å². The average molecular weight is 454 g/mol. The van der Waals surface area contributed by atoms with Crippen LogP contribution in [0.5, 0.6) is 0 Å². The molecule has 1 amide bonds. The topological polar surface area (TPSA) is 160 Å². The number of benzene rings is 2. The van der Waals surface area contributed by atoms with Crippen molar-refractivity contribution in [3.05, 3.63) is 82.2 Å². The van der Waals surface area contributed by atoms with Crippen molar-refractivity contribution in [1.29, 1.82) is 0 Å². The van der Waals surface area contributed by atoms with E-state index in [1.54, 1.807) is 48.5 Å². The number of nitrogens with zero attached hydrogens (tertiary/aromatic N) is 3. The fourth-order valence-electron chi connectivity index (χ4n) is 3.33. The molecule has 0 unspecified atom stereocenters. The summed E-state index contributed by atoms with van der Waals surface area (Å²) < 4.78 is 16.3. The van der Waals surface area contributed by atoms with Crippen LogP contribution in [0.15, 0.2) is 65.8 Å². The number of rotatable bonds is 7. The van der Waals surface area contributed by atoms with Crippen molar-refractivity contribution < 1.29 is 33.7 Å². The molecule has 2 aromatic rings. The second-order valence-electron chi connectivity index (χ2n) is 7.19. The molecule has 1 saturated heterocycles. The Kier molecular flexibility index (Phi) is 7.98. The second-order valence-corrected chi connectivity index (χ2v) is 7.19. The Balaban J connectivity index is 1.82. The summed E-state index contributed by atoms with van der Waals surface area (Å²) in [7, 11) is 0. The molecule has 11 nitrogen and oxygen atoms in total. The van der Waals surface area contributed by atoms with Crippen molar-refractivity contribution in [2.75, 3.05) is 6.61 Å². The monoisotopic (exact) mass is 454 g/mol. The van der Waals surface area contributed by atoms with Crippen LogP contribution in [-0.4, -0.2) is 60.1 Å². The molecule has 0 spiro atoms. The van der Waals surface area contributed by atoms with Gasteiger partial charge in [-0.2, -0.15) is 0 Å². The van der Waals surface area contributed by atoms with Crippen molar-refractivity contribution >= 4 is 17.8 Å². The number of amides is 1. The highest BCUT2D eigenvalue weighted by Crippen LogP contribution is 2.26. The number of aliphatic hydroxyl groups excluding tert-OH is 1. The number of azide groups is 1. The van der Waals surface area contributed by atoms with E-state index in [-0.39, 0.29) is 11.1 Å². The number of carbonyl (C=O) groups is 3. The molecule has 3 rings (SSSR count). The Morgan fingerprint density at radius 3 is 2.18 bits per heavy atom. The molecule has 0 radical (unpaired) electrons. The van der Waals surface area contributed by atoms with Crippen LogP contribution in [0.1, 0.15) is 27.6 Å². The predicted octanol–water partition coefficient (Wildman–Crippen LogP) is 1.97. The van der Waals surface area contributed by atoms with Gasteiger partial charge in [-0.15, -0.1) is 0 Å². The molecule has 0 bridgehead atoms. The van der Waals surface area contributed by atoms with E-state index in [1.807, 2.05) is 0 Å². The number of esters is 2. The van der Waals surface area contributed by atoms with Gasteiger partial charge in [0.1, 0.15) is 24.9 Å². The Morgan fingerprint density at radius 2 is 1.64 bits per heavy atom. The van der Waals surface area contributed by atoms with Crippen LogP contribution < -0.4 is 5.32 Å². The third-order valence-corrected chi connectivity index (χ3v) is 4.87. The van der Waals surface area contributed by atoms with Gasteiger partial charge in [0.25, 0.3) is 0 Å². The predicted molar refractivity (Wildman–Crippen MR) is 114 cm³/mol. The van der Waals surface area contributed by atoms with Crippen molar-refractivity contribution in [3.8, 4) is 0 Å². The molecule has 0 aromatic heterocycles. The smallest absolute Gasteiger partial charge is 0.338 e. The first-order valence-electron chi connectivity index (χ1n) is 10.0. The van der Waals surface area contributed by atoms with Gasteiger partial charge in [-0.3, -0.25) is 4.79 Å². The van der Waals surface area contributed by atoms with Crippen LogP contribution in [0.4, 0.5) is 0 Å². The van der Waals surface area contributed by atoms with Gasteiger partial charge >= 0.3 is 11.9 Å². The fraction of sp³-hybridized carbons (Fsp3) is 0.318.